The third-order valence-corrected chi connectivity index (χ3v) is 6.01. The van der Waals surface area contributed by atoms with Crippen molar-refractivity contribution in [3.63, 3.8) is 0 Å². The van der Waals surface area contributed by atoms with Crippen LogP contribution in [0.25, 0.3) is 0 Å². The summed E-state index contributed by atoms with van der Waals surface area (Å²) in [7, 11) is -3.35. The van der Waals surface area contributed by atoms with Gasteiger partial charge in [0.25, 0.3) is 0 Å². The minimum Gasteiger partial charge on any atom is -0.379 e. The number of carbonyl (C=O) groups is 1. The molecular formula is C18H29N3O4S. The van der Waals surface area contributed by atoms with Crippen molar-refractivity contribution in [1.82, 2.24) is 9.21 Å². The third-order valence-electron chi connectivity index (χ3n) is 4.71. The van der Waals surface area contributed by atoms with Crippen LogP contribution in [0.1, 0.15) is 17.5 Å². The second kappa shape index (κ2) is 9.45. The molecule has 1 saturated heterocycles. The summed E-state index contributed by atoms with van der Waals surface area (Å²) in [6.45, 7) is 8.13. The second-order valence-corrected chi connectivity index (χ2v) is 8.64. The van der Waals surface area contributed by atoms with Gasteiger partial charge in [0.15, 0.2) is 0 Å². The van der Waals surface area contributed by atoms with Crippen molar-refractivity contribution in [1.29, 1.82) is 0 Å². The lowest BCUT2D eigenvalue weighted by molar-refractivity contribution is -0.116. The first-order valence-electron chi connectivity index (χ1n) is 8.88. The lowest BCUT2D eigenvalue weighted by Crippen LogP contribution is -2.43. The number of sulfonamides is 1. The first-order valence-corrected chi connectivity index (χ1v) is 10.7. The minimum absolute atomic E-state index is 0.129. The van der Waals surface area contributed by atoms with Gasteiger partial charge in [-0.25, -0.2) is 12.7 Å². The Morgan fingerprint density at radius 2 is 1.92 bits per heavy atom. The predicted molar refractivity (Wildman–Crippen MR) is 103 cm³/mol. The van der Waals surface area contributed by atoms with E-state index in [1.54, 1.807) is 0 Å². The molecular weight excluding hydrogens is 354 g/mol. The van der Waals surface area contributed by atoms with Crippen LogP contribution in [0, 0.1) is 13.8 Å². The zero-order chi connectivity index (χ0) is 19.2. The molecule has 1 aromatic rings. The number of morpholine rings is 1. The summed E-state index contributed by atoms with van der Waals surface area (Å²) in [4.78, 5) is 14.4. The SMILES string of the molecule is Cc1cccc(NC(=O)CCN(CCN2CCOCC2)S(C)(=O)=O)c1C. The maximum absolute atomic E-state index is 12.3. The number of benzene rings is 1. The molecule has 0 atom stereocenters. The van der Waals surface area contributed by atoms with Crippen molar-refractivity contribution in [2.45, 2.75) is 20.3 Å². The summed E-state index contributed by atoms with van der Waals surface area (Å²) in [6, 6.07) is 5.73. The van der Waals surface area contributed by atoms with Gasteiger partial charge in [-0.2, -0.15) is 0 Å². The van der Waals surface area contributed by atoms with Gasteiger partial charge in [-0.1, -0.05) is 12.1 Å². The second-order valence-electron chi connectivity index (χ2n) is 6.66. The molecule has 0 radical (unpaired) electrons. The number of anilines is 1. The molecule has 8 heteroatoms. The molecule has 0 bridgehead atoms. The minimum atomic E-state index is -3.35. The van der Waals surface area contributed by atoms with E-state index < -0.39 is 10.0 Å². The maximum Gasteiger partial charge on any atom is 0.225 e. The fourth-order valence-electron chi connectivity index (χ4n) is 2.85. The molecule has 0 saturated carbocycles. The molecule has 1 amide bonds. The van der Waals surface area contributed by atoms with Gasteiger partial charge < -0.3 is 10.1 Å². The lowest BCUT2D eigenvalue weighted by Gasteiger charge is -2.29. The van der Waals surface area contributed by atoms with E-state index >= 15 is 0 Å². The molecule has 2 rings (SSSR count). The van der Waals surface area contributed by atoms with Crippen molar-refractivity contribution in [3.8, 4) is 0 Å². The molecule has 26 heavy (non-hydrogen) atoms. The summed E-state index contributed by atoms with van der Waals surface area (Å²) in [5, 5.41) is 2.88. The van der Waals surface area contributed by atoms with Gasteiger partial charge in [-0.15, -0.1) is 0 Å². The number of carbonyl (C=O) groups excluding carboxylic acids is 1. The highest BCUT2D eigenvalue weighted by molar-refractivity contribution is 7.88. The smallest absolute Gasteiger partial charge is 0.225 e. The number of hydrogen-bond acceptors (Lipinski definition) is 5. The number of hydrogen-bond donors (Lipinski definition) is 1. The Hall–Kier alpha value is -1.48. The van der Waals surface area contributed by atoms with Gasteiger partial charge in [-0.05, 0) is 31.0 Å². The number of rotatable bonds is 8. The van der Waals surface area contributed by atoms with E-state index in [0.717, 1.165) is 29.9 Å². The molecule has 0 aromatic heterocycles. The normalized spacial score (nSPS) is 16.0. The number of nitrogens with zero attached hydrogens (tertiary/aromatic N) is 2. The Labute approximate surface area is 156 Å². The van der Waals surface area contributed by atoms with Gasteiger partial charge in [0.1, 0.15) is 0 Å². The highest BCUT2D eigenvalue weighted by Crippen LogP contribution is 2.18. The van der Waals surface area contributed by atoms with Crippen LogP contribution in [-0.4, -0.2) is 75.7 Å². The van der Waals surface area contributed by atoms with E-state index in [2.05, 4.69) is 10.2 Å². The number of nitrogens with one attached hydrogen (secondary N) is 1. The number of amides is 1. The maximum atomic E-state index is 12.3. The third kappa shape index (κ3) is 6.35. The van der Waals surface area contributed by atoms with E-state index in [0.29, 0.717) is 26.3 Å². The quantitative estimate of drug-likeness (QED) is 0.730. The van der Waals surface area contributed by atoms with Gasteiger partial charge in [0, 0.05) is 44.8 Å². The molecule has 1 N–H and O–H groups in total. The van der Waals surface area contributed by atoms with Crippen LogP contribution in [-0.2, 0) is 19.6 Å². The Kier molecular flexibility index (Phi) is 7.57. The zero-order valence-electron chi connectivity index (χ0n) is 15.8. The van der Waals surface area contributed by atoms with Gasteiger partial charge >= 0.3 is 0 Å². The molecule has 1 aliphatic heterocycles. The van der Waals surface area contributed by atoms with Crippen molar-refractivity contribution in [2.24, 2.45) is 0 Å². The lowest BCUT2D eigenvalue weighted by atomic mass is 10.1. The largest absolute Gasteiger partial charge is 0.379 e. The van der Waals surface area contributed by atoms with Gasteiger partial charge in [0.2, 0.25) is 15.9 Å². The fourth-order valence-corrected chi connectivity index (χ4v) is 3.68. The average molecular weight is 384 g/mol. The van der Waals surface area contributed by atoms with Crippen molar-refractivity contribution >= 4 is 21.6 Å². The number of ether oxygens (including phenoxy) is 1. The molecule has 1 heterocycles. The molecule has 0 spiro atoms. The highest BCUT2D eigenvalue weighted by atomic mass is 32.2. The molecule has 7 nitrogen and oxygen atoms in total. The van der Waals surface area contributed by atoms with Crippen LogP contribution < -0.4 is 5.32 Å². The zero-order valence-corrected chi connectivity index (χ0v) is 16.6. The van der Waals surface area contributed by atoms with E-state index in [4.69, 9.17) is 4.74 Å². The predicted octanol–water partition coefficient (Wildman–Crippen LogP) is 1.23. The van der Waals surface area contributed by atoms with Crippen LogP contribution in [0.5, 0.6) is 0 Å². The first-order chi connectivity index (χ1) is 12.3. The van der Waals surface area contributed by atoms with Crippen molar-refractivity contribution in [2.75, 3.05) is 57.5 Å². The topological polar surface area (TPSA) is 79.0 Å². The Morgan fingerprint density at radius 1 is 1.23 bits per heavy atom. The molecule has 0 unspecified atom stereocenters. The molecule has 146 valence electrons. The van der Waals surface area contributed by atoms with Crippen molar-refractivity contribution < 1.29 is 17.9 Å². The van der Waals surface area contributed by atoms with Crippen LogP contribution in [0.4, 0.5) is 5.69 Å². The summed E-state index contributed by atoms with van der Waals surface area (Å²) in [5.74, 6) is -0.182. The van der Waals surface area contributed by atoms with E-state index in [9.17, 15) is 13.2 Å². The van der Waals surface area contributed by atoms with Gasteiger partial charge in [-0.3, -0.25) is 9.69 Å². The van der Waals surface area contributed by atoms with Crippen LogP contribution >= 0.6 is 0 Å². The standard InChI is InChI=1S/C18H29N3O4S/c1-15-5-4-6-17(16(15)2)19-18(22)7-8-21(26(3,23)24)10-9-20-11-13-25-14-12-20/h4-6H,7-14H2,1-3H3,(H,19,22). The number of aryl methyl sites for hydroxylation is 1. The van der Waals surface area contributed by atoms with Crippen molar-refractivity contribution in [3.05, 3.63) is 29.3 Å². The Balaban J connectivity index is 1.87. The van der Waals surface area contributed by atoms with E-state index in [1.807, 2.05) is 32.0 Å². The first kappa shape index (κ1) is 20.8. The summed E-state index contributed by atoms with van der Waals surface area (Å²) >= 11 is 0. The van der Waals surface area contributed by atoms with E-state index in [1.165, 1.54) is 10.6 Å². The van der Waals surface area contributed by atoms with Crippen LogP contribution in [0.2, 0.25) is 0 Å². The summed E-state index contributed by atoms with van der Waals surface area (Å²) in [5.41, 5.74) is 2.90. The molecule has 1 aliphatic rings. The molecule has 1 fully saturated rings. The monoisotopic (exact) mass is 383 g/mol. The Morgan fingerprint density at radius 3 is 2.58 bits per heavy atom. The van der Waals surface area contributed by atoms with Gasteiger partial charge in [0.05, 0.1) is 19.5 Å². The fraction of sp³-hybridized carbons (Fsp3) is 0.611. The van der Waals surface area contributed by atoms with Crippen LogP contribution in [0.15, 0.2) is 18.2 Å². The van der Waals surface area contributed by atoms with E-state index in [-0.39, 0.29) is 18.9 Å². The Bertz CT molecular complexity index is 715. The summed E-state index contributed by atoms with van der Waals surface area (Å²) < 4.78 is 30.7. The molecule has 1 aromatic carbocycles. The summed E-state index contributed by atoms with van der Waals surface area (Å²) in [6.07, 6.45) is 1.32. The van der Waals surface area contributed by atoms with Crippen LogP contribution in [0.3, 0.4) is 0 Å². The average Bonchev–Trinajstić information content (AvgIpc) is 2.58. The highest BCUT2D eigenvalue weighted by Gasteiger charge is 2.20. The molecule has 0 aliphatic carbocycles.